The molecular weight excluding hydrogens is 416 g/mol. The number of hydrogen-bond donors (Lipinski definition) is 0. The van der Waals surface area contributed by atoms with Gasteiger partial charge in [-0.05, 0) is 55.5 Å². The molecule has 0 aliphatic carbocycles. The Bertz CT molecular complexity index is 1130. The highest BCUT2D eigenvalue weighted by Crippen LogP contribution is 2.39. The smallest absolute Gasteiger partial charge is 0.283 e. The lowest BCUT2D eigenvalue weighted by molar-refractivity contribution is -0.120. The van der Waals surface area contributed by atoms with Crippen LogP contribution in [0.2, 0.25) is 5.02 Å². The van der Waals surface area contributed by atoms with Crippen LogP contribution in [0.4, 0.5) is 11.4 Å². The summed E-state index contributed by atoms with van der Waals surface area (Å²) in [5, 5.41) is 0.543. The standard InChI is InChI=1S/C24H19ClN2O2S/c1-16-8-14-20(15-9-16)30-22-21(26(2)18-6-4-3-5-7-18)23(28)27(24(22)29)19-12-10-17(25)11-13-19/h3-15H,1-2H3. The number of thioether (sulfide) groups is 1. The van der Waals surface area contributed by atoms with Gasteiger partial charge in [-0.15, -0.1) is 0 Å². The third-order valence-electron chi connectivity index (χ3n) is 4.82. The number of likely N-dealkylation sites (N-methyl/N-ethyl adjacent to an activating group) is 1. The van der Waals surface area contributed by atoms with E-state index in [1.54, 1.807) is 36.2 Å². The molecule has 150 valence electrons. The predicted molar refractivity (Wildman–Crippen MR) is 123 cm³/mol. The molecule has 0 aromatic heterocycles. The summed E-state index contributed by atoms with van der Waals surface area (Å²) < 4.78 is 0. The zero-order valence-electron chi connectivity index (χ0n) is 16.5. The molecular formula is C24H19ClN2O2S. The quantitative estimate of drug-likeness (QED) is 0.485. The monoisotopic (exact) mass is 434 g/mol. The minimum atomic E-state index is -0.358. The molecule has 4 rings (SSSR count). The molecule has 0 saturated heterocycles. The van der Waals surface area contributed by atoms with Crippen LogP contribution in [-0.2, 0) is 9.59 Å². The average Bonchev–Trinajstić information content (AvgIpc) is 3.00. The van der Waals surface area contributed by atoms with Gasteiger partial charge in [0.2, 0.25) is 0 Å². The summed E-state index contributed by atoms with van der Waals surface area (Å²) >= 11 is 7.29. The summed E-state index contributed by atoms with van der Waals surface area (Å²) in [6, 6.07) is 24.1. The predicted octanol–water partition coefficient (Wildman–Crippen LogP) is 5.66. The SMILES string of the molecule is Cc1ccc(SC2=C(N(C)c3ccccc3)C(=O)N(c3ccc(Cl)cc3)C2=O)cc1. The molecule has 30 heavy (non-hydrogen) atoms. The van der Waals surface area contributed by atoms with Gasteiger partial charge in [0, 0.05) is 22.7 Å². The van der Waals surface area contributed by atoms with E-state index in [0.29, 0.717) is 21.3 Å². The number of halogens is 1. The highest BCUT2D eigenvalue weighted by molar-refractivity contribution is 8.04. The molecule has 0 spiro atoms. The second-order valence-electron chi connectivity index (χ2n) is 6.91. The van der Waals surface area contributed by atoms with E-state index in [1.165, 1.54) is 16.7 Å². The van der Waals surface area contributed by atoms with Crippen LogP contribution in [0, 0.1) is 6.92 Å². The molecule has 0 N–H and O–H groups in total. The maximum atomic E-state index is 13.4. The lowest BCUT2D eigenvalue weighted by Crippen LogP contribution is -2.34. The Balaban J connectivity index is 1.78. The number of rotatable bonds is 5. The highest BCUT2D eigenvalue weighted by Gasteiger charge is 2.42. The number of imide groups is 1. The van der Waals surface area contributed by atoms with Crippen molar-refractivity contribution < 1.29 is 9.59 Å². The van der Waals surface area contributed by atoms with E-state index in [1.807, 2.05) is 61.5 Å². The Hall–Kier alpha value is -3.02. The van der Waals surface area contributed by atoms with Crippen molar-refractivity contribution in [1.29, 1.82) is 0 Å². The zero-order chi connectivity index (χ0) is 21.3. The molecule has 4 nitrogen and oxygen atoms in total. The van der Waals surface area contributed by atoms with Crippen molar-refractivity contribution in [2.24, 2.45) is 0 Å². The average molecular weight is 435 g/mol. The number of amides is 2. The molecule has 0 atom stereocenters. The molecule has 1 aliphatic heterocycles. The summed E-state index contributed by atoms with van der Waals surface area (Å²) in [4.78, 5) is 31.1. The van der Waals surface area contributed by atoms with Gasteiger partial charge in [0.05, 0.1) is 5.69 Å². The number of aryl methyl sites for hydroxylation is 1. The van der Waals surface area contributed by atoms with E-state index < -0.39 is 0 Å². The number of para-hydroxylation sites is 1. The van der Waals surface area contributed by atoms with E-state index in [2.05, 4.69) is 0 Å². The third kappa shape index (κ3) is 3.86. The van der Waals surface area contributed by atoms with Crippen molar-refractivity contribution in [3.8, 4) is 0 Å². The van der Waals surface area contributed by atoms with Crippen molar-refractivity contribution in [2.45, 2.75) is 11.8 Å². The molecule has 1 aliphatic rings. The van der Waals surface area contributed by atoms with Crippen LogP contribution in [0.15, 0.2) is 94.4 Å². The van der Waals surface area contributed by atoms with Crippen molar-refractivity contribution in [1.82, 2.24) is 0 Å². The normalized spacial score (nSPS) is 13.9. The molecule has 0 radical (unpaired) electrons. The molecule has 3 aromatic rings. The highest BCUT2D eigenvalue weighted by atomic mass is 35.5. The first kappa shape index (κ1) is 20.3. The van der Waals surface area contributed by atoms with Crippen LogP contribution in [0.3, 0.4) is 0 Å². The minimum absolute atomic E-state index is 0.342. The molecule has 0 saturated carbocycles. The maximum Gasteiger partial charge on any atom is 0.283 e. The van der Waals surface area contributed by atoms with E-state index >= 15 is 0 Å². The van der Waals surface area contributed by atoms with Gasteiger partial charge in [-0.1, -0.05) is 59.3 Å². The Morgan fingerprint density at radius 3 is 2.10 bits per heavy atom. The van der Waals surface area contributed by atoms with E-state index in [-0.39, 0.29) is 11.8 Å². The lowest BCUT2D eigenvalue weighted by atomic mass is 10.2. The fourth-order valence-electron chi connectivity index (χ4n) is 3.22. The van der Waals surface area contributed by atoms with Gasteiger partial charge in [-0.25, -0.2) is 4.90 Å². The summed E-state index contributed by atoms with van der Waals surface area (Å²) in [5.41, 5.74) is 2.81. The first-order valence-electron chi connectivity index (χ1n) is 9.37. The molecule has 6 heteroatoms. The first-order valence-corrected chi connectivity index (χ1v) is 10.6. The second kappa shape index (κ2) is 8.38. The molecule has 0 unspecified atom stereocenters. The molecule has 0 fully saturated rings. The van der Waals surface area contributed by atoms with E-state index in [4.69, 9.17) is 11.6 Å². The molecule has 3 aromatic carbocycles. The van der Waals surface area contributed by atoms with E-state index in [0.717, 1.165) is 16.1 Å². The Kier molecular flexibility index (Phi) is 5.66. The Morgan fingerprint density at radius 1 is 0.833 bits per heavy atom. The maximum absolute atomic E-state index is 13.4. The Labute approximate surface area is 184 Å². The van der Waals surface area contributed by atoms with Crippen LogP contribution in [0.5, 0.6) is 0 Å². The number of carbonyl (C=O) groups is 2. The molecule has 2 amide bonds. The third-order valence-corrected chi connectivity index (χ3v) is 6.15. The largest absolute Gasteiger partial charge is 0.339 e. The minimum Gasteiger partial charge on any atom is -0.339 e. The number of anilines is 2. The van der Waals surface area contributed by atoms with Crippen molar-refractivity contribution in [3.63, 3.8) is 0 Å². The van der Waals surface area contributed by atoms with Crippen molar-refractivity contribution in [3.05, 3.63) is 100 Å². The van der Waals surface area contributed by atoms with Gasteiger partial charge >= 0.3 is 0 Å². The number of nitrogens with zero attached hydrogens (tertiary/aromatic N) is 2. The van der Waals surface area contributed by atoms with Gasteiger partial charge in [-0.2, -0.15) is 0 Å². The topological polar surface area (TPSA) is 40.6 Å². The van der Waals surface area contributed by atoms with Crippen molar-refractivity contribution in [2.75, 3.05) is 16.8 Å². The number of hydrogen-bond acceptors (Lipinski definition) is 4. The lowest BCUT2D eigenvalue weighted by Gasteiger charge is -2.21. The summed E-state index contributed by atoms with van der Waals surface area (Å²) in [7, 11) is 1.80. The van der Waals surface area contributed by atoms with Crippen LogP contribution in [0.25, 0.3) is 0 Å². The summed E-state index contributed by atoms with van der Waals surface area (Å²) in [6.45, 7) is 2.01. The van der Waals surface area contributed by atoms with Crippen LogP contribution < -0.4 is 9.80 Å². The summed E-state index contributed by atoms with van der Waals surface area (Å²) in [6.07, 6.45) is 0. The zero-order valence-corrected chi connectivity index (χ0v) is 18.1. The van der Waals surface area contributed by atoms with Crippen LogP contribution >= 0.6 is 23.4 Å². The van der Waals surface area contributed by atoms with Gasteiger partial charge in [0.15, 0.2) is 0 Å². The van der Waals surface area contributed by atoms with Gasteiger partial charge in [0.25, 0.3) is 11.8 Å². The fraction of sp³-hybridized carbons (Fsp3) is 0.0833. The summed E-state index contributed by atoms with van der Waals surface area (Å²) in [5.74, 6) is -0.700. The Morgan fingerprint density at radius 2 is 1.47 bits per heavy atom. The molecule has 1 heterocycles. The number of carbonyl (C=O) groups excluding carboxylic acids is 2. The van der Waals surface area contributed by atoms with Crippen LogP contribution in [-0.4, -0.2) is 18.9 Å². The second-order valence-corrected chi connectivity index (χ2v) is 8.43. The van der Waals surface area contributed by atoms with Crippen molar-refractivity contribution >= 4 is 46.6 Å². The number of benzene rings is 3. The van der Waals surface area contributed by atoms with Gasteiger partial charge in [-0.3, -0.25) is 9.59 Å². The van der Waals surface area contributed by atoms with E-state index in [9.17, 15) is 9.59 Å². The van der Waals surface area contributed by atoms with Gasteiger partial charge < -0.3 is 4.90 Å². The van der Waals surface area contributed by atoms with Crippen LogP contribution in [0.1, 0.15) is 5.56 Å². The molecule has 0 bridgehead atoms. The van der Waals surface area contributed by atoms with Gasteiger partial charge in [0.1, 0.15) is 10.6 Å². The first-order chi connectivity index (χ1) is 14.5. The fourth-order valence-corrected chi connectivity index (χ4v) is 4.35.